The Morgan fingerprint density at radius 1 is 1.24 bits per heavy atom. The van der Waals surface area contributed by atoms with E-state index in [9.17, 15) is 4.79 Å². The van der Waals surface area contributed by atoms with Crippen molar-refractivity contribution >= 4 is 30.6 Å². The molecule has 0 aliphatic carbocycles. The van der Waals surface area contributed by atoms with Gasteiger partial charge in [0, 0.05) is 35.1 Å². The second kappa shape index (κ2) is 7.10. The normalized spacial score (nSPS) is 13.0. The second-order valence-electron chi connectivity index (χ2n) is 8.68. The van der Waals surface area contributed by atoms with Crippen LogP contribution in [0.25, 0.3) is 21.7 Å². The van der Waals surface area contributed by atoms with Gasteiger partial charge in [-0.1, -0.05) is 12.1 Å². The summed E-state index contributed by atoms with van der Waals surface area (Å²) in [5, 5.41) is 2.09. The Morgan fingerprint density at radius 3 is 2.62 bits per heavy atom. The number of amides is 1. The maximum atomic E-state index is 13.4. The van der Waals surface area contributed by atoms with Crippen LogP contribution in [0.4, 0.5) is 0 Å². The van der Waals surface area contributed by atoms with E-state index < -0.39 is 0 Å². The third-order valence-corrected chi connectivity index (χ3v) is 6.80. The van der Waals surface area contributed by atoms with Gasteiger partial charge in [-0.05, 0) is 61.8 Å². The molecule has 3 aromatic rings. The van der Waals surface area contributed by atoms with Crippen LogP contribution in [-0.2, 0) is 13.0 Å². The zero-order valence-electron chi connectivity index (χ0n) is 18.0. The van der Waals surface area contributed by atoms with Crippen LogP contribution in [0.3, 0.4) is 0 Å². The highest BCUT2D eigenvalue weighted by Crippen LogP contribution is 2.42. The molecular weight excluding hydrogens is 379 g/mol. The molecule has 0 radical (unpaired) electrons. The standard InChI is InChI=1S/C23H27BN2O2S/c1-23(2,3)25(4)22(27)18-13-16(20-7-6-10-29-20)21-15-12-17(24)19(28-5)11-14(15)8-9-26(18)21/h6-7,10-13H,8-9,24H2,1-5H3. The molecule has 1 aliphatic rings. The number of hydrogen-bond acceptors (Lipinski definition) is 3. The van der Waals surface area contributed by atoms with Crippen molar-refractivity contribution in [2.24, 2.45) is 0 Å². The molecule has 150 valence electrons. The number of benzene rings is 1. The third kappa shape index (κ3) is 3.29. The second-order valence-corrected chi connectivity index (χ2v) is 9.63. The molecule has 2 aromatic heterocycles. The highest BCUT2D eigenvalue weighted by atomic mass is 32.1. The fourth-order valence-electron chi connectivity index (χ4n) is 3.95. The first kappa shape index (κ1) is 19.8. The van der Waals surface area contributed by atoms with E-state index in [2.05, 4.69) is 68.9 Å². The Hall–Kier alpha value is -2.47. The van der Waals surface area contributed by atoms with Crippen molar-refractivity contribution in [1.82, 2.24) is 9.47 Å². The van der Waals surface area contributed by atoms with Crippen molar-refractivity contribution in [1.29, 1.82) is 0 Å². The average Bonchev–Trinajstić information content (AvgIpc) is 3.33. The Bertz CT molecular complexity index is 1080. The van der Waals surface area contributed by atoms with Crippen molar-refractivity contribution < 1.29 is 9.53 Å². The van der Waals surface area contributed by atoms with E-state index in [0.717, 1.165) is 41.1 Å². The summed E-state index contributed by atoms with van der Waals surface area (Å²) in [6.45, 7) is 6.99. The molecule has 0 bridgehead atoms. The lowest BCUT2D eigenvalue weighted by atomic mass is 9.86. The van der Waals surface area contributed by atoms with Crippen molar-refractivity contribution in [3.8, 4) is 27.4 Å². The summed E-state index contributed by atoms with van der Waals surface area (Å²) >= 11 is 1.71. The Labute approximate surface area is 177 Å². The van der Waals surface area contributed by atoms with Gasteiger partial charge in [0.25, 0.3) is 5.91 Å². The lowest BCUT2D eigenvalue weighted by molar-refractivity contribution is 0.0644. The number of carbonyl (C=O) groups excluding carboxylic acids is 1. The largest absolute Gasteiger partial charge is 0.497 e. The minimum absolute atomic E-state index is 0.0650. The average molecular weight is 406 g/mol. The number of aryl methyl sites for hydroxylation is 1. The van der Waals surface area contributed by atoms with Gasteiger partial charge in [0.15, 0.2) is 0 Å². The number of ether oxygens (including phenoxy) is 1. The van der Waals surface area contributed by atoms with Crippen LogP contribution in [0.1, 0.15) is 36.8 Å². The van der Waals surface area contributed by atoms with E-state index in [0.29, 0.717) is 0 Å². The lowest BCUT2D eigenvalue weighted by Crippen LogP contribution is -2.43. The molecule has 0 saturated carbocycles. The number of rotatable bonds is 3. The SMILES string of the molecule is Bc1cc2c(cc1OC)CCn1c(C(=O)N(C)C(C)(C)C)cc(-c3cccs3)c1-2. The molecule has 4 rings (SSSR count). The van der Waals surface area contributed by atoms with Crippen molar-refractivity contribution in [2.75, 3.05) is 14.2 Å². The number of aromatic nitrogens is 1. The Balaban J connectivity index is 1.95. The predicted octanol–water partition coefficient (Wildman–Crippen LogP) is 3.58. The van der Waals surface area contributed by atoms with Crippen LogP contribution < -0.4 is 10.2 Å². The minimum Gasteiger partial charge on any atom is -0.497 e. The van der Waals surface area contributed by atoms with Gasteiger partial charge in [-0.25, -0.2) is 0 Å². The van der Waals surface area contributed by atoms with E-state index in [4.69, 9.17) is 4.74 Å². The maximum Gasteiger partial charge on any atom is 0.270 e. The van der Waals surface area contributed by atoms with Crippen LogP contribution in [0, 0.1) is 0 Å². The summed E-state index contributed by atoms with van der Waals surface area (Å²) < 4.78 is 7.76. The molecule has 29 heavy (non-hydrogen) atoms. The molecule has 0 spiro atoms. The van der Waals surface area contributed by atoms with Gasteiger partial charge in [-0.2, -0.15) is 0 Å². The van der Waals surface area contributed by atoms with E-state index >= 15 is 0 Å². The van der Waals surface area contributed by atoms with Crippen molar-refractivity contribution in [2.45, 2.75) is 39.3 Å². The number of nitrogens with zero attached hydrogens (tertiary/aromatic N) is 2. The van der Waals surface area contributed by atoms with Crippen LogP contribution in [-0.4, -0.2) is 42.9 Å². The van der Waals surface area contributed by atoms with Gasteiger partial charge in [0.05, 0.1) is 12.8 Å². The van der Waals surface area contributed by atoms with Crippen LogP contribution >= 0.6 is 11.3 Å². The molecule has 0 N–H and O–H groups in total. The topological polar surface area (TPSA) is 34.5 Å². The first-order valence-electron chi connectivity index (χ1n) is 9.96. The fourth-order valence-corrected chi connectivity index (χ4v) is 4.70. The Kier molecular flexibility index (Phi) is 4.85. The molecule has 1 aromatic carbocycles. The quantitative estimate of drug-likeness (QED) is 0.624. The fraction of sp³-hybridized carbons (Fsp3) is 0.348. The number of methoxy groups -OCH3 is 1. The summed E-state index contributed by atoms with van der Waals surface area (Å²) in [7, 11) is 5.68. The number of thiophene rings is 1. The van der Waals surface area contributed by atoms with Crippen LogP contribution in [0.15, 0.2) is 35.7 Å². The molecule has 3 heterocycles. The molecule has 0 unspecified atom stereocenters. The summed E-state index contributed by atoms with van der Waals surface area (Å²) in [5.41, 5.74) is 6.40. The van der Waals surface area contributed by atoms with Crippen molar-refractivity contribution in [3.63, 3.8) is 0 Å². The van der Waals surface area contributed by atoms with E-state index in [1.165, 1.54) is 16.0 Å². The number of hydrogen-bond donors (Lipinski definition) is 0. The van der Waals surface area contributed by atoms with E-state index in [1.54, 1.807) is 18.4 Å². The molecule has 0 saturated heterocycles. The molecular formula is C23H27BN2O2S. The highest BCUT2D eigenvalue weighted by Gasteiger charge is 2.31. The van der Waals surface area contributed by atoms with Crippen LogP contribution in [0.5, 0.6) is 5.75 Å². The first-order valence-corrected chi connectivity index (χ1v) is 10.8. The zero-order chi connectivity index (χ0) is 20.9. The first-order chi connectivity index (χ1) is 13.7. The zero-order valence-corrected chi connectivity index (χ0v) is 18.8. The number of carbonyl (C=O) groups is 1. The summed E-state index contributed by atoms with van der Waals surface area (Å²) in [6.07, 6.45) is 0.886. The molecule has 0 fully saturated rings. The summed E-state index contributed by atoms with van der Waals surface area (Å²) in [6, 6.07) is 10.6. The van der Waals surface area contributed by atoms with Gasteiger partial charge in [0.1, 0.15) is 19.3 Å². The van der Waals surface area contributed by atoms with Crippen LogP contribution in [0.2, 0.25) is 0 Å². The number of fused-ring (bicyclic) bond motifs is 3. The summed E-state index contributed by atoms with van der Waals surface area (Å²) in [4.78, 5) is 16.4. The van der Waals surface area contributed by atoms with Crippen molar-refractivity contribution in [3.05, 3.63) is 47.0 Å². The van der Waals surface area contributed by atoms with Gasteiger partial charge in [0.2, 0.25) is 0 Å². The molecule has 1 amide bonds. The van der Waals surface area contributed by atoms with Gasteiger partial charge >= 0.3 is 0 Å². The smallest absolute Gasteiger partial charge is 0.270 e. The van der Waals surface area contributed by atoms with E-state index in [-0.39, 0.29) is 11.4 Å². The molecule has 0 atom stereocenters. The molecule has 6 heteroatoms. The minimum atomic E-state index is -0.235. The monoisotopic (exact) mass is 406 g/mol. The van der Waals surface area contributed by atoms with E-state index in [1.807, 2.05) is 11.9 Å². The third-order valence-electron chi connectivity index (χ3n) is 5.89. The summed E-state index contributed by atoms with van der Waals surface area (Å²) in [5.74, 6) is 0.987. The van der Waals surface area contributed by atoms with Gasteiger partial charge in [-0.3, -0.25) is 4.79 Å². The maximum absolute atomic E-state index is 13.4. The predicted molar refractivity (Wildman–Crippen MR) is 123 cm³/mol. The van der Waals surface area contributed by atoms with Gasteiger partial charge in [-0.15, -0.1) is 11.3 Å². The molecule has 1 aliphatic heterocycles. The highest BCUT2D eigenvalue weighted by molar-refractivity contribution is 7.13. The molecule has 4 nitrogen and oxygen atoms in total. The lowest BCUT2D eigenvalue weighted by Gasteiger charge is -2.32. The Morgan fingerprint density at radius 2 is 2.00 bits per heavy atom. The van der Waals surface area contributed by atoms with Gasteiger partial charge < -0.3 is 14.2 Å².